The van der Waals surface area contributed by atoms with Crippen LogP contribution in [0, 0.1) is 0 Å². The average molecular weight is 540 g/mol. The summed E-state index contributed by atoms with van der Waals surface area (Å²) in [6, 6.07) is 12.5. The van der Waals surface area contributed by atoms with Crippen LogP contribution in [0.4, 0.5) is 13.2 Å². The van der Waals surface area contributed by atoms with Crippen molar-refractivity contribution >= 4 is 11.9 Å². The Labute approximate surface area is 221 Å². The highest BCUT2D eigenvalue weighted by Crippen LogP contribution is 2.39. The monoisotopic (exact) mass is 539 g/mol. The molecule has 1 unspecified atom stereocenters. The first-order chi connectivity index (χ1) is 17.8. The molecule has 0 spiro atoms. The first-order valence-electron chi connectivity index (χ1n) is 12.6. The van der Waals surface area contributed by atoms with Gasteiger partial charge in [-0.25, -0.2) is 9.78 Å². The van der Waals surface area contributed by atoms with Gasteiger partial charge in [0.1, 0.15) is 11.9 Å². The highest BCUT2D eigenvalue weighted by Gasteiger charge is 2.32. The van der Waals surface area contributed by atoms with E-state index in [2.05, 4.69) is 10.1 Å². The van der Waals surface area contributed by atoms with E-state index >= 15 is 0 Å². The van der Waals surface area contributed by atoms with Crippen molar-refractivity contribution in [3.05, 3.63) is 65.2 Å². The summed E-state index contributed by atoms with van der Waals surface area (Å²) in [4.78, 5) is 35.5. The van der Waals surface area contributed by atoms with Gasteiger partial charge in [0.15, 0.2) is 0 Å². The third kappa shape index (κ3) is 10.7. The summed E-state index contributed by atoms with van der Waals surface area (Å²) >= 11 is 0. The third-order valence-corrected chi connectivity index (χ3v) is 5.33. The molecule has 1 amide bonds. The van der Waals surface area contributed by atoms with Crippen LogP contribution in [0.3, 0.4) is 0 Å². The maximum absolute atomic E-state index is 12.6. The number of carbonyl (C=O) groups is 2. The smallest absolute Gasteiger partial charge is 0.466 e. The first-order valence-corrected chi connectivity index (χ1v) is 12.6. The molecule has 0 saturated carbocycles. The summed E-state index contributed by atoms with van der Waals surface area (Å²) in [6.07, 6.45) is -3.87. The van der Waals surface area contributed by atoms with E-state index in [0.717, 1.165) is 12.0 Å². The summed E-state index contributed by atoms with van der Waals surface area (Å²) in [5.41, 5.74) is 1.28. The summed E-state index contributed by atoms with van der Waals surface area (Å²) in [5.74, 6) is -1.26. The van der Waals surface area contributed by atoms with Gasteiger partial charge in [0.05, 0.1) is 18.6 Å². The fourth-order valence-corrected chi connectivity index (χ4v) is 3.71. The number of hydrogen-bond donors (Lipinski definition) is 1. The Bertz CT molecular complexity index is 1020. The molecule has 2 rings (SSSR count). The molecule has 38 heavy (non-hydrogen) atoms. The van der Waals surface area contributed by atoms with E-state index < -0.39 is 18.1 Å². The zero-order valence-corrected chi connectivity index (χ0v) is 22.4. The molecule has 210 valence electrons. The third-order valence-electron chi connectivity index (χ3n) is 5.33. The topological polar surface area (TPSA) is 83.1 Å². The number of ether oxygens (including phenoxy) is 2. The Morgan fingerprint density at radius 3 is 2.05 bits per heavy atom. The molecular formula is C28H36F3NO6. The lowest BCUT2D eigenvalue weighted by molar-refractivity contribution is -0.379. The van der Waals surface area contributed by atoms with Gasteiger partial charge in [0, 0.05) is 18.0 Å². The molecule has 0 aliphatic heterocycles. The lowest BCUT2D eigenvalue weighted by Crippen LogP contribution is -2.26. The molecule has 10 heteroatoms. The van der Waals surface area contributed by atoms with Crippen LogP contribution in [0.15, 0.2) is 48.5 Å². The Morgan fingerprint density at radius 2 is 1.53 bits per heavy atom. The molecule has 0 fully saturated rings. The standard InChI is InChI=1S/C28H36F3NO6/c1-6-8-23(19-9-11-21(12-10-19)26(34)32-18-17-24(33)35-7-2)25(37-38-27(3,4)5)20-13-15-22(16-14-20)36-28(29,30)31/h9-16,23,25H,6-8,17-18H2,1-5H3,(H,32,34)/t23-,25?/m0/s1. The molecule has 7 nitrogen and oxygen atoms in total. The lowest BCUT2D eigenvalue weighted by atomic mass is 9.85. The number of esters is 1. The maximum Gasteiger partial charge on any atom is 0.573 e. The number of alkyl halides is 3. The second-order valence-electron chi connectivity index (χ2n) is 9.66. The number of benzene rings is 2. The fraction of sp³-hybridized carbons (Fsp3) is 0.500. The van der Waals surface area contributed by atoms with E-state index in [4.69, 9.17) is 14.5 Å². The molecule has 1 N–H and O–H groups in total. The SMILES string of the molecule is CCC[C@@H](c1ccc(C(=O)NCCC(=O)OCC)cc1)C(OOC(C)(C)C)c1ccc(OC(F)(F)F)cc1. The molecule has 0 aliphatic carbocycles. The molecule has 2 aromatic carbocycles. The minimum atomic E-state index is -4.79. The van der Waals surface area contributed by atoms with Crippen LogP contribution < -0.4 is 10.1 Å². The van der Waals surface area contributed by atoms with Gasteiger partial charge >= 0.3 is 12.3 Å². The normalized spacial score (nSPS) is 13.5. The molecule has 0 bridgehead atoms. The van der Waals surface area contributed by atoms with Gasteiger partial charge in [-0.15, -0.1) is 13.2 Å². The van der Waals surface area contributed by atoms with Crippen molar-refractivity contribution < 1.29 is 42.0 Å². The highest BCUT2D eigenvalue weighted by atomic mass is 19.4. The van der Waals surface area contributed by atoms with Crippen LogP contribution in [-0.2, 0) is 19.3 Å². The predicted octanol–water partition coefficient (Wildman–Crippen LogP) is 6.64. The molecule has 0 radical (unpaired) electrons. The number of halogens is 3. The van der Waals surface area contributed by atoms with E-state index in [-0.39, 0.29) is 43.1 Å². The molecule has 2 aromatic rings. The summed E-state index contributed by atoms with van der Waals surface area (Å²) in [6.45, 7) is 9.65. The number of amides is 1. The first kappa shape index (κ1) is 31.1. The van der Waals surface area contributed by atoms with E-state index in [1.807, 2.05) is 39.8 Å². The van der Waals surface area contributed by atoms with Crippen LogP contribution in [0.1, 0.15) is 87.4 Å². The Kier molecular flexibility index (Phi) is 11.6. The van der Waals surface area contributed by atoms with Crippen molar-refractivity contribution in [2.24, 2.45) is 0 Å². The average Bonchev–Trinajstić information content (AvgIpc) is 2.83. The molecular weight excluding hydrogens is 503 g/mol. The van der Waals surface area contributed by atoms with Gasteiger partial charge in [-0.05, 0) is 69.5 Å². The second kappa shape index (κ2) is 14.2. The Morgan fingerprint density at radius 1 is 0.921 bits per heavy atom. The molecule has 0 aliphatic rings. The number of rotatable bonds is 13. The van der Waals surface area contributed by atoms with Crippen molar-refractivity contribution in [3.8, 4) is 5.75 Å². The zero-order chi connectivity index (χ0) is 28.3. The van der Waals surface area contributed by atoms with E-state index in [1.165, 1.54) is 24.3 Å². The highest BCUT2D eigenvalue weighted by molar-refractivity contribution is 5.94. The van der Waals surface area contributed by atoms with E-state index in [9.17, 15) is 22.8 Å². The van der Waals surface area contributed by atoms with Crippen LogP contribution in [-0.4, -0.2) is 37.0 Å². The van der Waals surface area contributed by atoms with Crippen LogP contribution in [0.2, 0.25) is 0 Å². The van der Waals surface area contributed by atoms with Gasteiger partial charge in [-0.2, -0.15) is 0 Å². The zero-order valence-electron chi connectivity index (χ0n) is 22.4. The van der Waals surface area contributed by atoms with Crippen LogP contribution in [0.5, 0.6) is 5.75 Å². The van der Waals surface area contributed by atoms with Crippen molar-refractivity contribution in [2.75, 3.05) is 13.2 Å². The summed E-state index contributed by atoms with van der Waals surface area (Å²) in [5, 5.41) is 2.69. The number of carbonyl (C=O) groups excluding carboxylic acids is 2. The van der Waals surface area contributed by atoms with Crippen molar-refractivity contribution in [1.29, 1.82) is 0 Å². The molecule has 0 heterocycles. The van der Waals surface area contributed by atoms with Gasteiger partial charge in [-0.1, -0.05) is 37.6 Å². The van der Waals surface area contributed by atoms with Crippen molar-refractivity contribution in [3.63, 3.8) is 0 Å². The Balaban J connectivity index is 2.25. The van der Waals surface area contributed by atoms with Gasteiger partial charge < -0.3 is 14.8 Å². The maximum atomic E-state index is 12.6. The summed E-state index contributed by atoms with van der Waals surface area (Å²) < 4.78 is 46.7. The van der Waals surface area contributed by atoms with E-state index in [0.29, 0.717) is 17.5 Å². The van der Waals surface area contributed by atoms with E-state index in [1.54, 1.807) is 19.1 Å². The number of nitrogens with one attached hydrogen (secondary N) is 1. The van der Waals surface area contributed by atoms with Gasteiger partial charge in [0.2, 0.25) is 0 Å². The summed E-state index contributed by atoms with van der Waals surface area (Å²) in [7, 11) is 0. The van der Waals surface area contributed by atoms with Gasteiger partial charge in [-0.3, -0.25) is 9.59 Å². The van der Waals surface area contributed by atoms with Gasteiger partial charge in [0.25, 0.3) is 5.91 Å². The van der Waals surface area contributed by atoms with Crippen LogP contribution >= 0.6 is 0 Å². The van der Waals surface area contributed by atoms with Crippen molar-refractivity contribution in [2.45, 2.75) is 77.9 Å². The second-order valence-corrected chi connectivity index (χ2v) is 9.66. The quantitative estimate of drug-likeness (QED) is 0.175. The largest absolute Gasteiger partial charge is 0.573 e. The predicted molar refractivity (Wildman–Crippen MR) is 135 cm³/mol. The van der Waals surface area contributed by atoms with Crippen molar-refractivity contribution in [1.82, 2.24) is 5.32 Å². The minimum absolute atomic E-state index is 0.0792. The molecule has 0 saturated heterocycles. The molecule has 2 atom stereocenters. The Hall–Kier alpha value is -3.11. The number of hydrogen-bond acceptors (Lipinski definition) is 6. The lowest BCUT2D eigenvalue weighted by Gasteiger charge is -2.30. The van der Waals surface area contributed by atoms with Crippen LogP contribution in [0.25, 0.3) is 0 Å². The minimum Gasteiger partial charge on any atom is -0.466 e. The fourth-order valence-electron chi connectivity index (χ4n) is 3.71. The molecule has 0 aromatic heterocycles.